The third-order valence-electron chi connectivity index (χ3n) is 6.10. The lowest BCUT2D eigenvalue weighted by atomic mass is 10.1. The van der Waals surface area contributed by atoms with Gasteiger partial charge in [0.1, 0.15) is 29.5 Å². The maximum absolute atomic E-state index is 13.4. The molecule has 10 heteroatoms. The van der Waals surface area contributed by atoms with Crippen LogP contribution in [-0.4, -0.2) is 41.9 Å². The van der Waals surface area contributed by atoms with Gasteiger partial charge in [0.15, 0.2) is 0 Å². The number of amides is 2. The second-order valence-electron chi connectivity index (χ2n) is 8.78. The highest BCUT2D eigenvalue weighted by atomic mass is 19.1. The molecule has 0 radical (unpaired) electrons. The van der Waals surface area contributed by atoms with Crippen LogP contribution in [0, 0.1) is 5.82 Å². The molecule has 3 aromatic heterocycles. The highest BCUT2D eigenvalue weighted by Crippen LogP contribution is 2.27. The van der Waals surface area contributed by atoms with Gasteiger partial charge >= 0.3 is 0 Å². The highest BCUT2D eigenvalue weighted by Gasteiger charge is 2.36. The molecule has 1 N–H and O–H groups in total. The summed E-state index contributed by atoms with van der Waals surface area (Å²) >= 11 is 0. The molecule has 182 valence electrons. The van der Waals surface area contributed by atoms with Crippen LogP contribution in [0.5, 0.6) is 0 Å². The molecule has 4 aromatic rings. The largest absolute Gasteiger partial charge is 0.330 e. The fourth-order valence-electron chi connectivity index (χ4n) is 4.30. The average molecular weight is 487 g/mol. The number of anilines is 1. The van der Waals surface area contributed by atoms with Crippen molar-refractivity contribution in [2.75, 3.05) is 5.32 Å². The van der Waals surface area contributed by atoms with Gasteiger partial charge in [0, 0.05) is 17.7 Å². The van der Waals surface area contributed by atoms with E-state index in [0.717, 1.165) is 17.3 Å². The van der Waals surface area contributed by atoms with Gasteiger partial charge in [-0.3, -0.25) is 14.4 Å². The topological polar surface area (TPSA) is 102 Å². The molecule has 0 aliphatic carbocycles. The van der Waals surface area contributed by atoms with Crippen LogP contribution in [0.4, 0.5) is 10.2 Å². The van der Waals surface area contributed by atoms with Gasteiger partial charge in [-0.25, -0.2) is 9.37 Å². The van der Waals surface area contributed by atoms with Crippen molar-refractivity contribution in [3.8, 4) is 11.3 Å². The van der Waals surface area contributed by atoms with Crippen molar-refractivity contribution < 1.29 is 14.0 Å². The predicted molar refractivity (Wildman–Crippen MR) is 133 cm³/mol. The van der Waals surface area contributed by atoms with Crippen LogP contribution in [0.3, 0.4) is 0 Å². The summed E-state index contributed by atoms with van der Waals surface area (Å²) in [5.41, 5.74) is 2.51. The summed E-state index contributed by atoms with van der Waals surface area (Å²) < 4.78 is 15.9. The van der Waals surface area contributed by atoms with E-state index in [0.29, 0.717) is 11.3 Å². The summed E-state index contributed by atoms with van der Waals surface area (Å²) in [4.78, 5) is 45.1. The first kappa shape index (κ1) is 23.2. The van der Waals surface area contributed by atoms with Crippen molar-refractivity contribution >= 4 is 29.4 Å². The Bertz CT molecular complexity index is 1590. The molecular weight excluding hydrogens is 463 g/mol. The Kier molecular flexibility index (Phi) is 5.71. The molecule has 0 unspecified atom stereocenters. The maximum atomic E-state index is 13.4. The molecule has 0 saturated heterocycles. The molecule has 0 spiro atoms. The minimum atomic E-state index is -0.528. The number of rotatable bonds is 6. The van der Waals surface area contributed by atoms with Crippen LogP contribution < -0.4 is 10.9 Å². The second-order valence-corrected chi connectivity index (χ2v) is 8.78. The Morgan fingerprint density at radius 1 is 1.22 bits per heavy atom. The molecule has 0 saturated carbocycles. The van der Waals surface area contributed by atoms with Gasteiger partial charge in [0.05, 0.1) is 24.0 Å². The SMILES string of the molecule is C=Cc1cccc(-c2cc3n(CC(=O)Nc4ccc(F)cn4)c4c(c(=O)n3n2)CN(C(C)C)C4=O)c1. The van der Waals surface area contributed by atoms with Gasteiger partial charge in [0.2, 0.25) is 5.91 Å². The number of hydrogen-bond donors (Lipinski definition) is 1. The molecule has 1 aliphatic heterocycles. The predicted octanol–water partition coefficient (Wildman–Crippen LogP) is 3.34. The van der Waals surface area contributed by atoms with E-state index >= 15 is 0 Å². The molecule has 2 amide bonds. The van der Waals surface area contributed by atoms with Gasteiger partial charge in [-0.1, -0.05) is 30.9 Å². The zero-order valence-electron chi connectivity index (χ0n) is 19.7. The quantitative estimate of drug-likeness (QED) is 0.451. The van der Waals surface area contributed by atoms with Gasteiger partial charge in [0.25, 0.3) is 11.5 Å². The summed E-state index contributed by atoms with van der Waals surface area (Å²) in [6.45, 7) is 7.36. The molecule has 5 rings (SSSR count). The van der Waals surface area contributed by atoms with E-state index in [9.17, 15) is 18.8 Å². The summed E-state index contributed by atoms with van der Waals surface area (Å²) in [6, 6.07) is 11.6. The van der Waals surface area contributed by atoms with Gasteiger partial charge in [-0.2, -0.15) is 9.61 Å². The van der Waals surface area contributed by atoms with Crippen molar-refractivity contribution in [1.82, 2.24) is 24.1 Å². The molecule has 0 fully saturated rings. The fourth-order valence-corrected chi connectivity index (χ4v) is 4.30. The van der Waals surface area contributed by atoms with E-state index in [2.05, 4.69) is 22.0 Å². The smallest absolute Gasteiger partial charge is 0.280 e. The van der Waals surface area contributed by atoms with Crippen molar-refractivity contribution in [2.45, 2.75) is 33.0 Å². The third kappa shape index (κ3) is 3.96. The number of carbonyl (C=O) groups is 2. The Morgan fingerprint density at radius 3 is 2.72 bits per heavy atom. The van der Waals surface area contributed by atoms with E-state index in [1.807, 2.05) is 38.1 Å². The van der Waals surface area contributed by atoms with Crippen LogP contribution in [-0.2, 0) is 17.9 Å². The normalized spacial score (nSPS) is 12.9. The van der Waals surface area contributed by atoms with Crippen LogP contribution >= 0.6 is 0 Å². The molecule has 1 aromatic carbocycles. The zero-order valence-corrected chi connectivity index (χ0v) is 19.7. The molecule has 0 atom stereocenters. The van der Waals surface area contributed by atoms with Crippen molar-refractivity contribution in [3.63, 3.8) is 0 Å². The van der Waals surface area contributed by atoms with E-state index in [1.54, 1.807) is 17.0 Å². The summed E-state index contributed by atoms with van der Waals surface area (Å²) in [5, 5.41) is 7.13. The molecule has 9 nitrogen and oxygen atoms in total. The second kappa shape index (κ2) is 8.88. The maximum Gasteiger partial charge on any atom is 0.280 e. The third-order valence-corrected chi connectivity index (χ3v) is 6.10. The Balaban J connectivity index is 1.64. The van der Waals surface area contributed by atoms with Gasteiger partial charge in [-0.05, 0) is 37.6 Å². The first-order valence-electron chi connectivity index (χ1n) is 11.4. The number of nitrogens with zero attached hydrogens (tertiary/aromatic N) is 5. The number of carbonyl (C=O) groups excluding carboxylic acids is 2. The molecule has 4 heterocycles. The average Bonchev–Trinajstić information content (AvgIpc) is 3.46. The number of fused-ring (bicyclic) bond motifs is 2. The number of hydrogen-bond acceptors (Lipinski definition) is 5. The van der Waals surface area contributed by atoms with Crippen molar-refractivity contribution in [1.29, 1.82) is 0 Å². The first-order chi connectivity index (χ1) is 17.3. The zero-order chi connectivity index (χ0) is 25.6. The van der Waals surface area contributed by atoms with E-state index in [4.69, 9.17) is 0 Å². The number of nitrogens with one attached hydrogen (secondary N) is 1. The lowest BCUT2D eigenvalue weighted by molar-refractivity contribution is -0.116. The highest BCUT2D eigenvalue weighted by molar-refractivity contribution is 5.98. The van der Waals surface area contributed by atoms with Crippen LogP contribution in [0.25, 0.3) is 23.0 Å². The number of pyridine rings is 1. The minimum absolute atomic E-state index is 0.128. The Hall–Kier alpha value is -4.60. The summed E-state index contributed by atoms with van der Waals surface area (Å²) in [6.07, 6.45) is 2.70. The molecular formula is C26H23FN6O3. The van der Waals surface area contributed by atoms with Crippen LogP contribution in [0.15, 0.2) is 60.0 Å². The number of benzene rings is 1. The van der Waals surface area contributed by atoms with E-state index in [1.165, 1.54) is 21.2 Å². The summed E-state index contributed by atoms with van der Waals surface area (Å²) in [5.74, 6) is -1.18. The van der Waals surface area contributed by atoms with E-state index in [-0.39, 0.29) is 42.1 Å². The molecule has 1 aliphatic rings. The summed E-state index contributed by atoms with van der Waals surface area (Å²) in [7, 11) is 0. The lowest BCUT2D eigenvalue weighted by Gasteiger charge is -2.20. The standard InChI is InChI=1S/C26H23FN6O3/c1-4-16-6-5-7-17(10-16)20-11-23-32(14-22(34)29-21-9-8-18(27)12-28-21)24-19(25(35)33(23)30-20)13-31(15(2)3)26(24)36/h4-12,15H,1,13-14H2,2-3H3,(H,28,29,34). The number of halogens is 1. The monoisotopic (exact) mass is 486 g/mol. The Morgan fingerprint density at radius 2 is 2.03 bits per heavy atom. The molecule has 0 bridgehead atoms. The van der Waals surface area contributed by atoms with Crippen molar-refractivity contribution in [2.24, 2.45) is 0 Å². The minimum Gasteiger partial charge on any atom is -0.330 e. The van der Waals surface area contributed by atoms with Gasteiger partial charge in [-0.15, -0.1) is 0 Å². The van der Waals surface area contributed by atoms with E-state index < -0.39 is 17.3 Å². The molecule has 36 heavy (non-hydrogen) atoms. The van der Waals surface area contributed by atoms with Crippen LogP contribution in [0.1, 0.15) is 35.5 Å². The van der Waals surface area contributed by atoms with Crippen molar-refractivity contribution in [3.05, 3.63) is 88.2 Å². The van der Waals surface area contributed by atoms with Crippen LogP contribution in [0.2, 0.25) is 0 Å². The number of aromatic nitrogens is 4. The van der Waals surface area contributed by atoms with Gasteiger partial charge < -0.3 is 14.8 Å². The Labute approximate surface area is 205 Å². The lowest BCUT2D eigenvalue weighted by Crippen LogP contribution is -2.32. The first-order valence-corrected chi connectivity index (χ1v) is 11.4. The fraction of sp³-hybridized carbons (Fsp3) is 0.192.